The van der Waals surface area contributed by atoms with E-state index in [1.54, 1.807) is 30.7 Å². The summed E-state index contributed by atoms with van der Waals surface area (Å²) in [5.41, 5.74) is 7.72. The monoisotopic (exact) mass is 267 g/mol. The standard InChI is InChI=1S/C16H17N3O/c1-11-4-5-15(13(3)12(11)2)10-18-19-16(20)14-6-8-17-9-7-14/h4-10H,1-3H3,(H,19,20)/b18-10+. The van der Waals surface area contributed by atoms with Gasteiger partial charge in [-0.2, -0.15) is 5.10 Å². The second-order valence-electron chi connectivity index (χ2n) is 4.66. The second-order valence-corrected chi connectivity index (χ2v) is 4.66. The number of carbonyl (C=O) groups is 1. The molecule has 2 aromatic rings. The maximum atomic E-state index is 11.8. The van der Waals surface area contributed by atoms with Crippen LogP contribution < -0.4 is 5.43 Å². The van der Waals surface area contributed by atoms with Crippen LogP contribution in [0.1, 0.15) is 32.6 Å². The molecule has 4 heteroatoms. The largest absolute Gasteiger partial charge is 0.271 e. The van der Waals surface area contributed by atoms with Crippen molar-refractivity contribution in [2.45, 2.75) is 20.8 Å². The number of pyridine rings is 1. The summed E-state index contributed by atoms with van der Waals surface area (Å²) in [4.78, 5) is 15.7. The first kappa shape index (κ1) is 13.9. The Kier molecular flexibility index (Phi) is 4.25. The third kappa shape index (κ3) is 3.09. The maximum absolute atomic E-state index is 11.8. The van der Waals surface area contributed by atoms with Crippen molar-refractivity contribution in [3.05, 3.63) is 64.5 Å². The van der Waals surface area contributed by atoms with Crippen LogP contribution in [-0.2, 0) is 0 Å². The minimum atomic E-state index is -0.245. The molecule has 0 unspecified atom stereocenters. The summed E-state index contributed by atoms with van der Waals surface area (Å²) < 4.78 is 0. The van der Waals surface area contributed by atoms with Crippen LogP contribution in [0, 0.1) is 20.8 Å². The number of amides is 1. The summed E-state index contributed by atoms with van der Waals surface area (Å²) in [6.07, 6.45) is 4.82. The van der Waals surface area contributed by atoms with E-state index in [0.717, 1.165) is 5.56 Å². The fourth-order valence-corrected chi connectivity index (χ4v) is 1.85. The lowest BCUT2D eigenvalue weighted by molar-refractivity contribution is 0.0955. The number of benzene rings is 1. The Morgan fingerprint density at radius 3 is 2.50 bits per heavy atom. The highest BCUT2D eigenvalue weighted by molar-refractivity contribution is 5.94. The molecule has 0 bridgehead atoms. The molecule has 1 heterocycles. The molecule has 0 saturated carbocycles. The van der Waals surface area contributed by atoms with Gasteiger partial charge in [-0.05, 0) is 55.2 Å². The molecule has 0 aliphatic rings. The van der Waals surface area contributed by atoms with Gasteiger partial charge in [-0.1, -0.05) is 12.1 Å². The minimum absolute atomic E-state index is 0.245. The average Bonchev–Trinajstić information content (AvgIpc) is 2.48. The molecule has 1 N–H and O–H groups in total. The Morgan fingerprint density at radius 1 is 1.10 bits per heavy atom. The van der Waals surface area contributed by atoms with Gasteiger partial charge >= 0.3 is 0 Å². The Balaban J connectivity index is 2.08. The molecule has 4 nitrogen and oxygen atoms in total. The number of carbonyl (C=O) groups excluding carboxylic acids is 1. The van der Waals surface area contributed by atoms with Crippen molar-refractivity contribution in [2.24, 2.45) is 5.10 Å². The molecule has 0 radical (unpaired) electrons. The number of nitrogens with one attached hydrogen (secondary N) is 1. The molecule has 102 valence electrons. The number of rotatable bonds is 3. The highest BCUT2D eigenvalue weighted by atomic mass is 16.2. The van der Waals surface area contributed by atoms with Crippen molar-refractivity contribution in [2.75, 3.05) is 0 Å². The molecule has 20 heavy (non-hydrogen) atoms. The topological polar surface area (TPSA) is 54.4 Å². The summed E-state index contributed by atoms with van der Waals surface area (Å²) in [7, 11) is 0. The Labute approximate surface area is 118 Å². The third-order valence-corrected chi connectivity index (χ3v) is 3.41. The zero-order chi connectivity index (χ0) is 14.5. The van der Waals surface area contributed by atoms with E-state index in [4.69, 9.17) is 0 Å². The summed E-state index contributed by atoms with van der Waals surface area (Å²) in [6, 6.07) is 7.34. The van der Waals surface area contributed by atoms with Gasteiger partial charge < -0.3 is 0 Å². The fourth-order valence-electron chi connectivity index (χ4n) is 1.85. The predicted octanol–water partition coefficient (Wildman–Crippen LogP) is 2.77. The van der Waals surface area contributed by atoms with Crippen LogP contribution in [-0.4, -0.2) is 17.1 Å². The Morgan fingerprint density at radius 2 is 1.80 bits per heavy atom. The van der Waals surface area contributed by atoms with E-state index < -0.39 is 0 Å². The zero-order valence-electron chi connectivity index (χ0n) is 11.8. The average molecular weight is 267 g/mol. The van der Waals surface area contributed by atoms with E-state index in [-0.39, 0.29) is 5.91 Å². The molecule has 2 rings (SSSR count). The van der Waals surface area contributed by atoms with Crippen LogP contribution in [0.3, 0.4) is 0 Å². The third-order valence-electron chi connectivity index (χ3n) is 3.41. The number of hydrogen-bond donors (Lipinski definition) is 1. The van der Waals surface area contributed by atoms with E-state index in [0.29, 0.717) is 5.56 Å². The lowest BCUT2D eigenvalue weighted by Crippen LogP contribution is -2.17. The molecule has 1 amide bonds. The number of aryl methyl sites for hydroxylation is 1. The van der Waals surface area contributed by atoms with Crippen LogP contribution in [0.5, 0.6) is 0 Å². The molecule has 0 spiro atoms. The van der Waals surface area contributed by atoms with Gasteiger partial charge in [0.1, 0.15) is 0 Å². The first-order chi connectivity index (χ1) is 9.59. The maximum Gasteiger partial charge on any atom is 0.271 e. The molecule has 0 aliphatic heterocycles. The molecule has 1 aromatic carbocycles. The highest BCUT2D eigenvalue weighted by Gasteiger charge is 2.03. The number of hydrazone groups is 1. The SMILES string of the molecule is Cc1ccc(/C=N/NC(=O)c2ccncc2)c(C)c1C. The fraction of sp³-hybridized carbons (Fsp3) is 0.188. The molecular weight excluding hydrogens is 250 g/mol. The van der Waals surface area contributed by atoms with Gasteiger partial charge in [0.15, 0.2) is 0 Å². The van der Waals surface area contributed by atoms with Gasteiger partial charge in [0.2, 0.25) is 0 Å². The molecular formula is C16H17N3O. The van der Waals surface area contributed by atoms with Gasteiger partial charge in [0.25, 0.3) is 5.91 Å². The predicted molar refractivity (Wildman–Crippen MR) is 80.0 cm³/mol. The van der Waals surface area contributed by atoms with E-state index in [2.05, 4.69) is 29.4 Å². The van der Waals surface area contributed by atoms with Gasteiger partial charge in [-0.3, -0.25) is 9.78 Å². The first-order valence-electron chi connectivity index (χ1n) is 6.40. The Bertz CT molecular complexity index is 648. The lowest BCUT2D eigenvalue weighted by atomic mass is 10.00. The highest BCUT2D eigenvalue weighted by Crippen LogP contribution is 2.15. The summed E-state index contributed by atoms with van der Waals surface area (Å²) >= 11 is 0. The van der Waals surface area contributed by atoms with Gasteiger partial charge in [-0.15, -0.1) is 0 Å². The van der Waals surface area contributed by atoms with E-state index >= 15 is 0 Å². The second kappa shape index (κ2) is 6.10. The van der Waals surface area contributed by atoms with Gasteiger partial charge in [0, 0.05) is 18.0 Å². The summed E-state index contributed by atoms with van der Waals surface area (Å²) in [6.45, 7) is 6.21. The summed E-state index contributed by atoms with van der Waals surface area (Å²) in [5.74, 6) is -0.245. The van der Waals surface area contributed by atoms with E-state index in [1.807, 2.05) is 19.1 Å². The van der Waals surface area contributed by atoms with Crippen molar-refractivity contribution in [3.8, 4) is 0 Å². The smallest absolute Gasteiger partial charge is 0.267 e. The van der Waals surface area contributed by atoms with Crippen LogP contribution in [0.25, 0.3) is 0 Å². The molecule has 1 aromatic heterocycles. The van der Waals surface area contributed by atoms with Crippen LogP contribution in [0.15, 0.2) is 41.8 Å². The van der Waals surface area contributed by atoms with Crippen LogP contribution in [0.2, 0.25) is 0 Å². The van der Waals surface area contributed by atoms with Crippen molar-refractivity contribution < 1.29 is 4.79 Å². The van der Waals surface area contributed by atoms with Crippen molar-refractivity contribution in [1.29, 1.82) is 0 Å². The van der Waals surface area contributed by atoms with Crippen LogP contribution in [0.4, 0.5) is 0 Å². The summed E-state index contributed by atoms with van der Waals surface area (Å²) in [5, 5.41) is 4.00. The lowest BCUT2D eigenvalue weighted by Gasteiger charge is -2.07. The zero-order valence-corrected chi connectivity index (χ0v) is 11.8. The number of aromatic nitrogens is 1. The first-order valence-corrected chi connectivity index (χ1v) is 6.40. The van der Waals surface area contributed by atoms with Gasteiger partial charge in [-0.25, -0.2) is 5.43 Å². The quantitative estimate of drug-likeness (QED) is 0.686. The Hall–Kier alpha value is -2.49. The molecule has 0 fully saturated rings. The minimum Gasteiger partial charge on any atom is -0.267 e. The molecule has 0 saturated heterocycles. The van der Waals surface area contributed by atoms with Crippen molar-refractivity contribution in [1.82, 2.24) is 10.4 Å². The van der Waals surface area contributed by atoms with Gasteiger partial charge in [0.05, 0.1) is 6.21 Å². The van der Waals surface area contributed by atoms with Crippen molar-refractivity contribution in [3.63, 3.8) is 0 Å². The number of nitrogens with zero attached hydrogens (tertiary/aromatic N) is 2. The normalized spacial score (nSPS) is 10.8. The van der Waals surface area contributed by atoms with E-state index in [9.17, 15) is 4.79 Å². The molecule has 0 atom stereocenters. The number of hydrogen-bond acceptors (Lipinski definition) is 3. The van der Waals surface area contributed by atoms with Crippen LogP contribution >= 0.6 is 0 Å². The van der Waals surface area contributed by atoms with E-state index in [1.165, 1.54) is 16.7 Å². The van der Waals surface area contributed by atoms with Crippen molar-refractivity contribution >= 4 is 12.1 Å². The molecule has 0 aliphatic carbocycles.